The Labute approximate surface area is 130 Å². The van der Waals surface area contributed by atoms with Crippen molar-refractivity contribution in [3.05, 3.63) is 65.0 Å². The lowest BCUT2D eigenvalue weighted by Gasteiger charge is -2.26. The van der Waals surface area contributed by atoms with Gasteiger partial charge in [0.15, 0.2) is 0 Å². The van der Waals surface area contributed by atoms with E-state index in [4.69, 9.17) is 0 Å². The van der Waals surface area contributed by atoms with E-state index in [-0.39, 0.29) is 0 Å². The van der Waals surface area contributed by atoms with Gasteiger partial charge in [0.2, 0.25) is 0 Å². The zero-order valence-electron chi connectivity index (χ0n) is 12.7. The third-order valence-corrected chi connectivity index (χ3v) is 4.38. The van der Waals surface area contributed by atoms with E-state index in [1.807, 2.05) is 0 Å². The largest absolute Gasteiger partial charge is 0.478 e. The molecule has 1 N–H and O–H groups in total. The first-order valence-corrected chi connectivity index (χ1v) is 7.63. The van der Waals surface area contributed by atoms with Crippen LogP contribution in [-0.2, 0) is 6.54 Å². The first-order valence-electron chi connectivity index (χ1n) is 7.63. The second kappa shape index (κ2) is 6.28. The summed E-state index contributed by atoms with van der Waals surface area (Å²) >= 11 is 0. The van der Waals surface area contributed by atoms with Crippen LogP contribution in [-0.4, -0.2) is 27.5 Å². The zero-order valence-corrected chi connectivity index (χ0v) is 12.7. The fourth-order valence-electron chi connectivity index (χ4n) is 3.28. The molecule has 0 aliphatic carbocycles. The smallest absolute Gasteiger partial charge is 0.337 e. The highest BCUT2D eigenvalue weighted by atomic mass is 16.4. The third kappa shape index (κ3) is 2.88. The Hall–Kier alpha value is -2.20. The summed E-state index contributed by atoms with van der Waals surface area (Å²) < 4.78 is 0. The Morgan fingerprint density at radius 1 is 1.32 bits per heavy atom. The molecule has 4 heteroatoms. The Balaban J connectivity index is 1.86. The maximum absolute atomic E-state index is 11.3. The maximum Gasteiger partial charge on any atom is 0.337 e. The Morgan fingerprint density at radius 2 is 2.14 bits per heavy atom. The molecule has 2 heterocycles. The van der Waals surface area contributed by atoms with E-state index in [2.05, 4.69) is 41.1 Å². The molecule has 1 aliphatic heterocycles. The normalized spacial score (nSPS) is 18.5. The van der Waals surface area contributed by atoms with Gasteiger partial charge in [-0.15, -0.1) is 0 Å². The predicted octanol–water partition coefficient (Wildman–Crippen LogP) is 3.43. The van der Waals surface area contributed by atoms with Gasteiger partial charge in [-0.2, -0.15) is 0 Å². The number of hydrogen-bond donors (Lipinski definition) is 1. The van der Waals surface area contributed by atoms with E-state index in [0.29, 0.717) is 23.8 Å². The average Bonchev–Trinajstić information content (AvgIpc) is 2.96. The quantitative estimate of drug-likeness (QED) is 0.939. The molecule has 0 bridgehead atoms. The molecule has 22 heavy (non-hydrogen) atoms. The van der Waals surface area contributed by atoms with Gasteiger partial charge in [-0.25, -0.2) is 4.79 Å². The maximum atomic E-state index is 11.3. The summed E-state index contributed by atoms with van der Waals surface area (Å²) in [6.45, 7) is 3.70. The summed E-state index contributed by atoms with van der Waals surface area (Å²) in [5.74, 6) is -0.908. The number of pyridine rings is 1. The SMILES string of the molecule is Cc1ccccc1[C@H]1CCCN1Cc1ncccc1C(=O)O. The number of benzene rings is 1. The summed E-state index contributed by atoms with van der Waals surface area (Å²) in [4.78, 5) is 18.0. The number of carbonyl (C=O) groups is 1. The van der Waals surface area contributed by atoms with Crippen molar-refractivity contribution in [3.63, 3.8) is 0 Å². The second-order valence-corrected chi connectivity index (χ2v) is 5.79. The summed E-state index contributed by atoms with van der Waals surface area (Å²) in [7, 11) is 0. The van der Waals surface area contributed by atoms with Crippen molar-refractivity contribution in [2.75, 3.05) is 6.54 Å². The number of aryl methyl sites for hydroxylation is 1. The highest BCUT2D eigenvalue weighted by Crippen LogP contribution is 2.34. The lowest BCUT2D eigenvalue weighted by molar-refractivity contribution is 0.0693. The lowest BCUT2D eigenvalue weighted by atomic mass is 9.99. The second-order valence-electron chi connectivity index (χ2n) is 5.79. The van der Waals surface area contributed by atoms with Crippen LogP contribution < -0.4 is 0 Å². The highest BCUT2D eigenvalue weighted by molar-refractivity contribution is 5.88. The van der Waals surface area contributed by atoms with Gasteiger partial charge in [-0.05, 0) is 49.6 Å². The fraction of sp³-hybridized carbons (Fsp3) is 0.333. The third-order valence-electron chi connectivity index (χ3n) is 4.38. The molecule has 1 aromatic heterocycles. The van der Waals surface area contributed by atoms with Crippen molar-refractivity contribution in [1.82, 2.24) is 9.88 Å². The van der Waals surface area contributed by atoms with Gasteiger partial charge in [0, 0.05) is 18.8 Å². The zero-order chi connectivity index (χ0) is 15.5. The number of likely N-dealkylation sites (tertiary alicyclic amines) is 1. The van der Waals surface area contributed by atoms with Gasteiger partial charge < -0.3 is 5.11 Å². The topological polar surface area (TPSA) is 53.4 Å². The van der Waals surface area contributed by atoms with Crippen LogP contribution in [0.15, 0.2) is 42.6 Å². The van der Waals surface area contributed by atoms with Gasteiger partial charge in [-0.3, -0.25) is 9.88 Å². The van der Waals surface area contributed by atoms with Gasteiger partial charge in [0.05, 0.1) is 11.3 Å². The molecule has 1 aromatic carbocycles. The van der Waals surface area contributed by atoms with E-state index in [0.717, 1.165) is 19.4 Å². The molecule has 114 valence electrons. The van der Waals surface area contributed by atoms with Crippen molar-refractivity contribution < 1.29 is 9.90 Å². The molecule has 0 unspecified atom stereocenters. The van der Waals surface area contributed by atoms with Crippen LogP contribution in [0.25, 0.3) is 0 Å². The minimum Gasteiger partial charge on any atom is -0.478 e. The van der Waals surface area contributed by atoms with Crippen LogP contribution in [0.3, 0.4) is 0 Å². The van der Waals surface area contributed by atoms with Gasteiger partial charge in [0.1, 0.15) is 0 Å². The molecule has 0 amide bonds. The molecule has 1 fully saturated rings. The molecule has 1 saturated heterocycles. The Bertz CT molecular complexity index is 684. The standard InChI is InChI=1S/C18H20N2O2/c1-13-6-2-3-7-14(13)17-9-5-11-20(17)12-16-15(18(21)22)8-4-10-19-16/h2-4,6-8,10,17H,5,9,11-12H2,1H3,(H,21,22)/t17-/m1/s1. The molecular formula is C18H20N2O2. The molecule has 1 atom stereocenters. The first kappa shape index (κ1) is 14.7. The van der Waals surface area contributed by atoms with E-state index < -0.39 is 5.97 Å². The summed E-state index contributed by atoms with van der Waals surface area (Å²) in [5.41, 5.74) is 3.58. The van der Waals surface area contributed by atoms with Crippen molar-refractivity contribution in [1.29, 1.82) is 0 Å². The summed E-state index contributed by atoms with van der Waals surface area (Å²) in [6, 6.07) is 12.1. The molecule has 1 aliphatic rings. The van der Waals surface area contributed by atoms with Crippen molar-refractivity contribution in [3.8, 4) is 0 Å². The highest BCUT2D eigenvalue weighted by Gasteiger charge is 2.28. The number of carboxylic acid groups (broad SMARTS) is 1. The van der Waals surface area contributed by atoms with Gasteiger partial charge in [-0.1, -0.05) is 24.3 Å². The van der Waals surface area contributed by atoms with Crippen LogP contribution in [0.4, 0.5) is 0 Å². The number of hydrogen-bond acceptors (Lipinski definition) is 3. The number of aromatic carboxylic acids is 1. The van der Waals surface area contributed by atoms with Crippen molar-refractivity contribution >= 4 is 5.97 Å². The van der Waals surface area contributed by atoms with Gasteiger partial charge in [0.25, 0.3) is 0 Å². The van der Waals surface area contributed by atoms with Crippen molar-refractivity contribution in [2.24, 2.45) is 0 Å². The van der Waals surface area contributed by atoms with Crippen LogP contribution in [0, 0.1) is 6.92 Å². The molecule has 3 rings (SSSR count). The van der Waals surface area contributed by atoms with E-state index >= 15 is 0 Å². The minimum atomic E-state index is -0.908. The lowest BCUT2D eigenvalue weighted by Crippen LogP contribution is -2.25. The van der Waals surface area contributed by atoms with E-state index in [1.165, 1.54) is 11.1 Å². The van der Waals surface area contributed by atoms with E-state index in [9.17, 15) is 9.90 Å². The molecule has 0 radical (unpaired) electrons. The first-order chi connectivity index (χ1) is 10.7. The van der Waals surface area contributed by atoms with Crippen LogP contribution >= 0.6 is 0 Å². The summed E-state index contributed by atoms with van der Waals surface area (Å²) in [6.07, 6.45) is 3.91. The molecule has 0 saturated carbocycles. The van der Waals surface area contributed by atoms with Crippen LogP contribution in [0.5, 0.6) is 0 Å². The molecule has 0 spiro atoms. The average molecular weight is 296 g/mol. The molecule has 4 nitrogen and oxygen atoms in total. The monoisotopic (exact) mass is 296 g/mol. The number of nitrogens with zero attached hydrogens (tertiary/aromatic N) is 2. The van der Waals surface area contributed by atoms with Crippen LogP contribution in [0.2, 0.25) is 0 Å². The number of carboxylic acids is 1. The van der Waals surface area contributed by atoms with Crippen LogP contribution in [0.1, 0.15) is 46.1 Å². The van der Waals surface area contributed by atoms with E-state index in [1.54, 1.807) is 18.3 Å². The number of rotatable bonds is 4. The Morgan fingerprint density at radius 3 is 2.91 bits per heavy atom. The number of aromatic nitrogens is 1. The summed E-state index contributed by atoms with van der Waals surface area (Å²) in [5, 5.41) is 9.31. The fourth-order valence-corrected chi connectivity index (χ4v) is 3.28. The minimum absolute atomic E-state index is 0.304. The molecular weight excluding hydrogens is 276 g/mol. The Kier molecular flexibility index (Phi) is 4.20. The van der Waals surface area contributed by atoms with Gasteiger partial charge >= 0.3 is 5.97 Å². The van der Waals surface area contributed by atoms with Crippen molar-refractivity contribution in [2.45, 2.75) is 32.4 Å². The predicted molar refractivity (Wildman–Crippen MR) is 84.8 cm³/mol. The molecule has 2 aromatic rings.